The zero-order chi connectivity index (χ0) is 19.6. The standard InChI is InChI=1S/C23H20N4O2/c28-23(27-9-11-29-12-10-27)17-7-5-16(6-8-17)21-14-24-15-22(26-21)20-13-18-3-1-2-4-19(18)25-20/h1-8,13-15,25H,9-12H2. The van der Waals surface area contributed by atoms with Gasteiger partial charge in [-0.1, -0.05) is 30.3 Å². The fraction of sp³-hybridized carbons (Fsp3) is 0.174. The Hall–Kier alpha value is -3.51. The van der Waals surface area contributed by atoms with E-state index in [1.807, 2.05) is 47.4 Å². The molecule has 0 spiro atoms. The fourth-order valence-corrected chi connectivity index (χ4v) is 3.58. The molecule has 1 aliphatic heterocycles. The number of benzene rings is 2. The summed E-state index contributed by atoms with van der Waals surface area (Å²) in [5.41, 5.74) is 5.16. The molecule has 0 unspecified atom stereocenters. The fourth-order valence-electron chi connectivity index (χ4n) is 3.58. The summed E-state index contributed by atoms with van der Waals surface area (Å²) in [7, 11) is 0. The maximum Gasteiger partial charge on any atom is 0.254 e. The third kappa shape index (κ3) is 3.50. The average molecular weight is 384 g/mol. The van der Waals surface area contributed by atoms with Crippen LogP contribution in [0.1, 0.15) is 10.4 Å². The van der Waals surface area contributed by atoms with E-state index in [4.69, 9.17) is 9.72 Å². The first-order valence-corrected chi connectivity index (χ1v) is 9.65. The summed E-state index contributed by atoms with van der Waals surface area (Å²) in [6.45, 7) is 2.47. The number of carbonyl (C=O) groups is 1. The second kappa shape index (κ2) is 7.48. The van der Waals surface area contributed by atoms with Gasteiger partial charge in [-0.25, -0.2) is 4.98 Å². The predicted octanol–water partition coefficient (Wildman–Crippen LogP) is 3.76. The molecule has 1 N–H and O–H groups in total. The number of fused-ring (bicyclic) bond motifs is 1. The minimum atomic E-state index is 0.0396. The number of hydrogen-bond acceptors (Lipinski definition) is 4. The van der Waals surface area contributed by atoms with Crippen LogP contribution < -0.4 is 0 Å². The summed E-state index contributed by atoms with van der Waals surface area (Å²) in [4.78, 5) is 27.0. The van der Waals surface area contributed by atoms with Crippen LogP contribution in [0.3, 0.4) is 0 Å². The quantitative estimate of drug-likeness (QED) is 0.584. The van der Waals surface area contributed by atoms with Crippen LogP contribution in [0.2, 0.25) is 0 Å². The van der Waals surface area contributed by atoms with Gasteiger partial charge in [-0.05, 0) is 24.3 Å². The van der Waals surface area contributed by atoms with E-state index in [0.29, 0.717) is 31.9 Å². The van der Waals surface area contributed by atoms with Gasteiger partial charge in [-0.2, -0.15) is 0 Å². The molecular weight excluding hydrogens is 364 g/mol. The zero-order valence-corrected chi connectivity index (χ0v) is 15.8. The maximum absolute atomic E-state index is 12.6. The molecule has 3 heterocycles. The zero-order valence-electron chi connectivity index (χ0n) is 15.8. The number of nitrogens with zero attached hydrogens (tertiary/aromatic N) is 3. The molecule has 0 bridgehead atoms. The monoisotopic (exact) mass is 384 g/mol. The minimum Gasteiger partial charge on any atom is -0.378 e. The van der Waals surface area contributed by atoms with E-state index >= 15 is 0 Å². The largest absolute Gasteiger partial charge is 0.378 e. The van der Waals surface area contributed by atoms with E-state index < -0.39 is 0 Å². The van der Waals surface area contributed by atoms with Crippen LogP contribution in [-0.2, 0) is 4.74 Å². The summed E-state index contributed by atoms with van der Waals surface area (Å²) >= 11 is 0. The Bertz CT molecular complexity index is 1130. The molecule has 5 rings (SSSR count). The summed E-state index contributed by atoms with van der Waals surface area (Å²) < 4.78 is 5.32. The SMILES string of the molecule is O=C(c1ccc(-c2cncc(-c3cc4ccccc4[nH]3)n2)cc1)N1CCOCC1. The number of aromatic nitrogens is 3. The molecular formula is C23H20N4O2. The van der Waals surface area contributed by atoms with Gasteiger partial charge >= 0.3 is 0 Å². The molecule has 144 valence electrons. The van der Waals surface area contributed by atoms with Crippen LogP contribution in [0.15, 0.2) is 67.0 Å². The minimum absolute atomic E-state index is 0.0396. The molecule has 1 aliphatic rings. The number of nitrogens with one attached hydrogen (secondary N) is 1. The van der Waals surface area contributed by atoms with Crippen molar-refractivity contribution in [1.29, 1.82) is 0 Å². The van der Waals surface area contributed by atoms with Crippen LogP contribution in [0, 0.1) is 0 Å². The lowest BCUT2D eigenvalue weighted by atomic mass is 10.1. The smallest absolute Gasteiger partial charge is 0.254 e. The van der Waals surface area contributed by atoms with Crippen LogP contribution in [0.5, 0.6) is 0 Å². The van der Waals surface area contributed by atoms with Gasteiger partial charge in [0.2, 0.25) is 0 Å². The van der Waals surface area contributed by atoms with Gasteiger partial charge in [-0.15, -0.1) is 0 Å². The highest BCUT2D eigenvalue weighted by Gasteiger charge is 2.18. The molecule has 2 aromatic heterocycles. The normalized spacial score (nSPS) is 14.3. The number of H-pyrrole nitrogens is 1. The Balaban J connectivity index is 1.41. The molecule has 0 radical (unpaired) electrons. The number of ether oxygens (including phenoxy) is 1. The van der Waals surface area contributed by atoms with E-state index in [9.17, 15) is 4.79 Å². The molecule has 0 aliphatic carbocycles. The average Bonchev–Trinajstić information content (AvgIpc) is 3.24. The van der Waals surface area contributed by atoms with Gasteiger partial charge in [0, 0.05) is 35.1 Å². The Morgan fingerprint density at radius 1 is 0.966 bits per heavy atom. The summed E-state index contributed by atoms with van der Waals surface area (Å²) in [5.74, 6) is 0.0396. The highest BCUT2D eigenvalue weighted by molar-refractivity contribution is 5.94. The lowest BCUT2D eigenvalue weighted by molar-refractivity contribution is 0.0303. The number of rotatable bonds is 3. The maximum atomic E-state index is 12.6. The lowest BCUT2D eigenvalue weighted by Gasteiger charge is -2.26. The second-order valence-electron chi connectivity index (χ2n) is 7.04. The van der Waals surface area contributed by atoms with E-state index in [1.165, 1.54) is 0 Å². The van der Waals surface area contributed by atoms with E-state index in [-0.39, 0.29) is 5.91 Å². The highest BCUT2D eigenvalue weighted by atomic mass is 16.5. The number of morpholine rings is 1. The first-order valence-electron chi connectivity index (χ1n) is 9.65. The molecule has 2 aromatic carbocycles. The Kier molecular flexibility index (Phi) is 4.54. The lowest BCUT2D eigenvalue weighted by Crippen LogP contribution is -2.40. The van der Waals surface area contributed by atoms with Crippen LogP contribution in [-0.4, -0.2) is 52.1 Å². The van der Waals surface area contributed by atoms with Crippen molar-refractivity contribution in [3.63, 3.8) is 0 Å². The van der Waals surface area contributed by atoms with E-state index in [2.05, 4.69) is 22.1 Å². The van der Waals surface area contributed by atoms with Gasteiger partial charge in [0.25, 0.3) is 5.91 Å². The Morgan fingerprint density at radius 2 is 1.72 bits per heavy atom. The third-order valence-electron chi connectivity index (χ3n) is 5.17. The topological polar surface area (TPSA) is 71.1 Å². The molecule has 0 saturated carbocycles. The molecule has 1 fully saturated rings. The van der Waals surface area contributed by atoms with Crippen molar-refractivity contribution < 1.29 is 9.53 Å². The van der Waals surface area contributed by atoms with Crippen molar-refractivity contribution in [2.75, 3.05) is 26.3 Å². The number of para-hydroxylation sites is 1. The van der Waals surface area contributed by atoms with Crippen LogP contribution in [0.4, 0.5) is 0 Å². The molecule has 1 amide bonds. The van der Waals surface area contributed by atoms with Crippen molar-refractivity contribution >= 4 is 16.8 Å². The van der Waals surface area contributed by atoms with Gasteiger partial charge in [0.15, 0.2) is 0 Å². The predicted molar refractivity (Wildman–Crippen MR) is 111 cm³/mol. The van der Waals surface area contributed by atoms with Gasteiger partial charge in [0.1, 0.15) is 5.69 Å². The second-order valence-corrected chi connectivity index (χ2v) is 7.04. The van der Waals surface area contributed by atoms with E-state index in [1.54, 1.807) is 12.4 Å². The van der Waals surface area contributed by atoms with Gasteiger partial charge in [-0.3, -0.25) is 9.78 Å². The van der Waals surface area contributed by atoms with Crippen molar-refractivity contribution in [2.45, 2.75) is 0 Å². The molecule has 0 atom stereocenters. The van der Waals surface area contributed by atoms with Crippen molar-refractivity contribution in [3.8, 4) is 22.6 Å². The first-order chi connectivity index (χ1) is 14.3. The molecule has 1 saturated heterocycles. The molecule has 6 heteroatoms. The van der Waals surface area contributed by atoms with E-state index in [0.717, 1.165) is 33.5 Å². The number of amides is 1. The highest BCUT2D eigenvalue weighted by Crippen LogP contribution is 2.25. The Labute approximate surface area is 168 Å². The summed E-state index contributed by atoms with van der Waals surface area (Å²) in [5, 5.41) is 1.14. The summed E-state index contributed by atoms with van der Waals surface area (Å²) in [6, 6.07) is 17.8. The van der Waals surface area contributed by atoms with Crippen molar-refractivity contribution in [3.05, 3.63) is 72.6 Å². The van der Waals surface area contributed by atoms with Crippen molar-refractivity contribution in [1.82, 2.24) is 19.9 Å². The van der Waals surface area contributed by atoms with Crippen LogP contribution >= 0.6 is 0 Å². The summed E-state index contributed by atoms with van der Waals surface area (Å²) in [6.07, 6.45) is 3.50. The van der Waals surface area contributed by atoms with Gasteiger partial charge in [0.05, 0.1) is 37.0 Å². The molecule has 6 nitrogen and oxygen atoms in total. The van der Waals surface area contributed by atoms with Gasteiger partial charge < -0.3 is 14.6 Å². The van der Waals surface area contributed by atoms with Crippen LogP contribution in [0.25, 0.3) is 33.5 Å². The van der Waals surface area contributed by atoms with Crippen molar-refractivity contribution in [2.24, 2.45) is 0 Å². The molecule has 4 aromatic rings. The Morgan fingerprint density at radius 3 is 2.52 bits per heavy atom. The first kappa shape index (κ1) is 17.6. The number of aromatic amines is 1. The molecule has 29 heavy (non-hydrogen) atoms. The number of hydrogen-bond donors (Lipinski definition) is 1. The third-order valence-corrected chi connectivity index (χ3v) is 5.17. The number of carbonyl (C=O) groups excluding carboxylic acids is 1.